The molecule has 1 fully saturated rings. The SMILES string of the molecule is CS[C@@H]1CCC[S@@]1=O. The van der Waals surface area contributed by atoms with Crippen molar-refractivity contribution in [3.8, 4) is 0 Å². The Bertz CT molecular complexity index is 103. The minimum Gasteiger partial charge on any atom is -0.258 e. The summed E-state index contributed by atoms with van der Waals surface area (Å²) in [5, 5.41) is 0. The van der Waals surface area contributed by atoms with Crippen LogP contribution >= 0.6 is 11.8 Å². The molecule has 0 N–H and O–H groups in total. The summed E-state index contributed by atoms with van der Waals surface area (Å²) in [5.74, 6) is 0.936. The molecule has 1 saturated heterocycles. The summed E-state index contributed by atoms with van der Waals surface area (Å²) in [4.78, 5) is 0. The van der Waals surface area contributed by atoms with E-state index in [0.717, 1.165) is 18.6 Å². The van der Waals surface area contributed by atoms with E-state index in [4.69, 9.17) is 0 Å². The molecule has 1 rings (SSSR count). The van der Waals surface area contributed by atoms with Crippen LogP contribution in [-0.2, 0) is 10.8 Å². The monoisotopic (exact) mass is 150 g/mol. The Labute approximate surface area is 56.7 Å². The Balaban J connectivity index is 2.42. The van der Waals surface area contributed by atoms with Gasteiger partial charge >= 0.3 is 0 Å². The first kappa shape index (κ1) is 6.62. The van der Waals surface area contributed by atoms with Crippen LogP contribution in [0.5, 0.6) is 0 Å². The van der Waals surface area contributed by atoms with Crippen molar-refractivity contribution in [3.05, 3.63) is 0 Å². The fourth-order valence-electron chi connectivity index (χ4n) is 0.880. The van der Waals surface area contributed by atoms with E-state index in [9.17, 15) is 4.21 Å². The van der Waals surface area contributed by atoms with Crippen molar-refractivity contribution in [3.63, 3.8) is 0 Å². The second-order valence-corrected chi connectivity index (χ2v) is 4.97. The molecule has 8 heavy (non-hydrogen) atoms. The van der Waals surface area contributed by atoms with Crippen molar-refractivity contribution in [1.82, 2.24) is 0 Å². The second-order valence-electron chi connectivity index (χ2n) is 1.89. The molecule has 1 aliphatic heterocycles. The zero-order valence-corrected chi connectivity index (χ0v) is 6.56. The van der Waals surface area contributed by atoms with Crippen LogP contribution in [0.1, 0.15) is 12.8 Å². The van der Waals surface area contributed by atoms with Crippen LogP contribution in [0.15, 0.2) is 0 Å². The zero-order chi connectivity index (χ0) is 5.98. The van der Waals surface area contributed by atoms with E-state index in [1.165, 1.54) is 0 Å². The Hall–Kier alpha value is 0.500. The van der Waals surface area contributed by atoms with Crippen LogP contribution < -0.4 is 0 Å². The Morgan fingerprint density at radius 2 is 2.50 bits per heavy atom. The van der Waals surface area contributed by atoms with Gasteiger partial charge in [-0.25, -0.2) is 0 Å². The van der Waals surface area contributed by atoms with Crippen LogP contribution in [0.4, 0.5) is 0 Å². The largest absolute Gasteiger partial charge is 0.258 e. The van der Waals surface area contributed by atoms with Gasteiger partial charge in [0, 0.05) is 16.6 Å². The molecule has 0 radical (unpaired) electrons. The van der Waals surface area contributed by atoms with Crippen molar-refractivity contribution in [1.29, 1.82) is 0 Å². The molecular weight excluding hydrogens is 140 g/mol. The normalized spacial score (nSPS) is 38.1. The van der Waals surface area contributed by atoms with E-state index >= 15 is 0 Å². The summed E-state index contributed by atoms with van der Waals surface area (Å²) >= 11 is 1.74. The summed E-state index contributed by atoms with van der Waals surface area (Å²) < 4.78 is 11.3. The highest BCUT2D eigenvalue weighted by Crippen LogP contribution is 2.23. The lowest BCUT2D eigenvalue weighted by molar-refractivity contribution is 0.686. The highest BCUT2D eigenvalue weighted by molar-refractivity contribution is 8.11. The Kier molecular flexibility index (Phi) is 2.38. The number of thioether (sulfide) groups is 1. The lowest BCUT2D eigenvalue weighted by atomic mass is 10.4. The van der Waals surface area contributed by atoms with Crippen molar-refractivity contribution < 1.29 is 4.21 Å². The van der Waals surface area contributed by atoms with Crippen molar-refractivity contribution >= 4 is 22.6 Å². The van der Waals surface area contributed by atoms with Crippen LogP contribution in [-0.4, -0.2) is 20.8 Å². The van der Waals surface area contributed by atoms with Crippen LogP contribution in [0.3, 0.4) is 0 Å². The lowest BCUT2D eigenvalue weighted by Gasteiger charge is -1.99. The fraction of sp³-hybridized carbons (Fsp3) is 1.00. The van der Waals surface area contributed by atoms with Crippen LogP contribution in [0.25, 0.3) is 0 Å². The predicted octanol–water partition coefficient (Wildman–Crippen LogP) is 1.22. The summed E-state index contributed by atoms with van der Waals surface area (Å²) in [6.07, 6.45) is 4.36. The smallest absolute Gasteiger partial charge is 0.0798 e. The van der Waals surface area contributed by atoms with E-state index in [-0.39, 0.29) is 0 Å². The molecule has 0 saturated carbocycles. The Morgan fingerprint density at radius 3 is 2.75 bits per heavy atom. The molecule has 0 aliphatic carbocycles. The first-order chi connectivity index (χ1) is 3.84. The molecule has 0 amide bonds. The topological polar surface area (TPSA) is 17.1 Å². The van der Waals surface area contributed by atoms with Crippen molar-refractivity contribution in [2.24, 2.45) is 0 Å². The van der Waals surface area contributed by atoms with Gasteiger partial charge in [-0.15, -0.1) is 11.8 Å². The second kappa shape index (κ2) is 2.87. The number of rotatable bonds is 1. The highest BCUT2D eigenvalue weighted by Gasteiger charge is 2.20. The molecule has 1 nitrogen and oxygen atoms in total. The van der Waals surface area contributed by atoms with Gasteiger partial charge in [-0.1, -0.05) is 0 Å². The van der Waals surface area contributed by atoms with E-state index in [1.54, 1.807) is 11.8 Å². The van der Waals surface area contributed by atoms with E-state index in [0.29, 0.717) is 4.58 Å². The summed E-state index contributed by atoms with van der Waals surface area (Å²) in [6, 6.07) is 0. The van der Waals surface area contributed by atoms with Gasteiger partial charge in [0.1, 0.15) is 0 Å². The van der Waals surface area contributed by atoms with Gasteiger partial charge in [0.05, 0.1) is 4.58 Å². The zero-order valence-electron chi connectivity index (χ0n) is 4.92. The summed E-state index contributed by atoms with van der Waals surface area (Å²) in [5.41, 5.74) is 0. The molecule has 2 atom stereocenters. The molecule has 3 heteroatoms. The number of hydrogen-bond donors (Lipinski definition) is 0. The minimum atomic E-state index is -0.498. The molecule has 0 aromatic rings. The Morgan fingerprint density at radius 1 is 1.75 bits per heavy atom. The van der Waals surface area contributed by atoms with Gasteiger partial charge in [-0.05, 0) is 19.1 Å². The van der Waals surface area contributed by atoms with E-state index < -0.39 is 10.8 Å². The molecule has 0 bridgehead atoms. The first-order valence-electron chi connectivity index (χ1n) is 2.74. The maximum absolute atomic E-state index is 10.9. The van der Waals surface area contributed by atoms with Gasteiger partial charge in [-0.2, -0.15) is 0 Å². The van der Waals surface area contributed by atoms with Gasteiger partial charge in [0.2, 0.25) is 0 Å². The third kappa shape index (κ3) is 1.26. The molecular formula is C5H10OS2. The summed E-state index contributed by atoms with van der Waals surface area (Å²) in [6.45, 7) is 0. The van der Waals surface area contributed by atoms with Gasteiger partial charge in [0.25, 0.3) is 0 Å². The van der Waals surface area contributed by atoms with E-state index in [2.05, 4.69) is 0 Å². The van der Waals surface area contributed by atoms with Gasteiger partial charge < -0.3 is 0 Å². The van der Waals surface area contributed by atoms with Gasteiger partial charge in [-0.3, -0.25) is 4.21 Å². The summed E-state index contributed by atoms with van der Waals surface area (Å²) in [7, 11) is -0.498. The van der Waals surface area contributed by atoms with Crippen LogP contribution in [0, 0.1) is 0 Å². The van der Waals surface area contributed by atoms with Gasteiger partial charge in [0.15, 0.2) is 0 Å². The lowest BCUT2D eigenvalue weighted by Crippen LogP contribution is -2.01. The minimum absolute atomic E-state index is 0.454. The maximum Gasteiger partial charge on any atom is 0.0798 e. The highest BCUT2D eigenvalue weighted by atomic mass is 32.2. The fourth-order valence-corrected chi connectivity index (χ4v) is 3.57. The quantitative estimate of drug-likeness (QED) is 0.559. The average molecular weight is 150 g/mol. The number of hydrogen-bond acceptors (Lipinski definition) is 2. The van der Waals surface area contributed by atoms with Crippen molar-refractivity contribution in [2.75, 3.05) is 12.0 Å². The maximum atomic E-state index is 10.9. The molecule has 1 aliphatic rings. The molecule has 0 aromatic heterocycles. The van der Waals surface area contributed by atoms with Crippen molar-refractivity contribution in [2.45, 2.75) is 17.4 Å². The molecule has 0 spiro atoms. The third-order valence-electron chi connectivity index (χ3n) is 1.34. The molecule has 48 valence electrons. The van der Waals surface area contributed by atoms with Crippen LogP contribution in [0.2, 0.25) is 0 Å². The molecule has 0 aromatic carbocycles. The predicted molar refractivity (Wildman–Crippen MR) is 39.5 cm³/mol. The molecule has 1 heterocycles. The molecule has 0 unspecified atom stereocenters. The average Bonchev–Trinajstić information content (AvgIpc) is 2.14. The first-order valence-corrected chi connectivity index (χ1v) is 5.41. The van der Waals surface area contributed by atoms with E-state index in [1.807, 2.05) is 6.26 Å². The third-order valence-corrected chi connectivity index (χ3v) is 4.84. The standard InChI is InChI=1S/C5H10OS2/c1-7-5-3-2-4-8(5)6/h5H,2-4H2,1H3/t5-,8-/m0/s1.